The van der Waals surface area contributed by atoms with Gasteiger partial charge in [-0.2, -0.15) is 0 Å². The molecule has 0 N–H and O–H groups in total. The Kier molecular flexibility index (Phi) is 8.50. The monoisotopic (exact) mass is 669 g/mol. The van der Waals surface area contributed by atoms with Gasteiger partial charge in [-0.15, -0.1) is 0 Å². The van der Waals surface area contributed by atoms with Crippen LogP contribution in [-0.2, 0) is 28.9 Å². The second kappa shape index (κ2) is 12.7. The molecule has 0 unspecified atom stereocenters. The predicted molar refractivity (Wildman–Crippen MR) is 170 cm³/mol. The van der Waals surface area contributed by atoms with Gasteiger partial charge in [-0.25, -0.2) is 18.0 Å². The number of amides is 1. The SMILES string of the molecule is C[C@]1(COC(=O)Oc2ccc([N+](=O)[O-])cc2)[C@H](C(=O)OC(c2ccccc2)c2ccccc2)N2C(=O)C(=Cc3ccccn3)[C@H]2S1(=O)=O. The van der Waals surface area contributed by atoms with Crippen LogP contribution in [0.3, 0.4) is 0 Å². The van der Waals surface area contributed by atoms with E-state index >= 15 is 0 Å². The molecule has 3 heterocycles. The molecule has 2 saturated heterocycles. The molecule has 14 heteroatoms. The summed E-state index contributed by atoms with van der Waals surface area (Å²) in [5, 5.41) is 9.40. The fourth-order valence-corrected chi connectivity index (χ4v) is 8.00. The summed E-state index contributed by atoms with van der Waals surface area (Å²) in [6, 6.07) is 25.4. The van der Waals surface area contributed by atoms with Crippen molar-refractivity contribution in [3.63, 3.8) is 0 Å². The Bertz CT molecular complexity index is 1970. The number of nitro benzene ring substituents is 1. The second-order valence-electron chi connectivity index (χ2n) is 11.2. The Balaban J connectivity index is 1.33. The minimum Gasteiger partial charge on any atom is -0.451 e. The van der Waals surface area contributed by atoms with Crippen molar-refractivity contribution in [1.82, 2.24) is 9.88 Å². The summed E-state index contributed by atoms with van der Waals surface area (Å²) in [4.78, 5) is 55.9. The summed E-state index contributed by atoms with van der Waals surface area (Å²) in [6.07, 6.45) is 0.538. The van der Waals surface area contributed by atoms with Gasteiger partial charge in [0.1, 0.15) is 17.1 Å². The number of pyridine rings is 1. The molecule has 2 aliphatic heterocycles. The van der Waals surface area contributed by atoms with E-state index in [2.05, 4.69) is 4.98 Å². The quantitative estimate of drug-likeness (QED) is 0.0607. The minimum absolute atomic E-state index is 0.103. The van der Waals surface area contributed by atoms with Crippen molar-refractivity contribution in [3.8, 4) is 5.75 Å². The number of rotatable bonds is 9. The zero-order valence-corrected chi connectivity index (χ0v) is 26.1. The van der Waals surface area contributed by atoms with Crippen LogP contribution >= 0.6 is 0 Å². The molecule has 6 rings (SSSR count). The summed E-state index contributed by atoms with van der Waals surface area (Å²) in [7, 11) is -4.47. The average Bonchev–Trinajstić information content (AvgIpc) is 3.26. The zero-order valence-electron chi connectivity index (χ0n) is 25.2. The van der Waals surface area contributed by atoms with Crippen molar-refractivity contribution in [2.24, 2.45) is 0 Å². The summed E-state index contributed by atoms with van der Waals surface area (Å²) >= 11 is 0. The van der Waals surface area contributed by atoms with E-state index in [0.29, 0.717) is 16.8 Å². The Morgan fingerprint density at radius 1 is 0.958 bits per heavy atom. The average molecular weight is 670 g/mol. The molecule has 244 valence electrons. The van der Waals surface area contributed by atoms with Gasteiger partial charge in [0, 0.05) is 18.3 Å². The molecule has 4 aromatic rings. The molecule has 0 saturated carbocycles. The number of β-lactam (4-membered cyclic amide) rings is 1. The van der Waals surface area contributed by atoms with Crippen LogP contribution in [0.25, 0.3) is 6.08 Å². The maximum Gasteiger partial charge on any atom is 0.513 e. The maximum atomic E-state index is 14.3. The predicted octanol–water partition coefficient (Wildman–Crippen LogP) is 4.65. The van der Waals surface area contributed by atoms with Gasteiger partial charge in [-0.05, 0) is 48.4 Å². The molecule has 0 spiro atoms. The first-order valence-electron chi connectivity index (χ1n) is 14.6. The van der Waals surface area contributed by atoms with E-state index in [-0.39, 0.29) is 17.0 Å². The van der Waals surface area contributed by atoms with Gasteiger partial charge in [-0.3, -0.25) is 19.9 Å². The Morgan fingerprint density at radius 2 is 1.56 bits per heavy atom. The number of hydrogen-bond acceptors (Lipinski definition) is 11. The first kappa shape index (κ1) is 32.1. The smallest absolute Gasteiger partial charge is 0.451 e. The van der Waals surface area contributed by atoms with Crippen LogP contribution in [0.2, 0.25) is 0 Å². The van der Waals surface area contributed by atoms with Crippen LogP contribution in [0.4, 0.5) is 10.5 Å². The minimum atomic E-state index is -4.47. The van der Waals surface area contributed by atoms with Crippen molar-refractivity contribution in [2.45, 2.75) is 29.2 Å². The zero-order chi connectivity index (χ0) is 34.1. The summed E-state index contributed by atoms with van der Waals surface area (Å²) < 4.78 is 42.8. The number of esters is 1. The fraction of sp³-hybridized carbons (Fsp3) is 0.176. The lowest BCUT2D eigenvalue weighted by Gasteiger charge is -2.39. The van der Waals surface area contributed by atoms with Gasteiger partial charge in [0.25, 0.3) is 11.6 Å². The molecular formula is C34H27N3O10S. The number of nitrogens with zero attached hydrogens (tertiary/aromatic N) is 3. The largest absolute Gasteiger partial charge is 0.513 e. The van der Waals surface area contributed by atoms with Crippen molar-refractivity contribution in [1.29, 1.82) is 0 Å². The van der Waals surface area contributed by atoms with Crippen LogP contribution in [-0.4, -0.2) is 64.0 Å². The number of carbonyl (C=O) groups is 3. The number of sulfone groups is 1. The lowest BCUT2D eigenvalue weighted by atomic mass is 9.94. The molecule has 0 bridgehead atoms. The van der Waals surface area contributed by atoms with Gasteiger partial charge < -0.3 is 19.1 Å². The van der Waals surface area contributed by atoms with Gasteiger partial charge in [-0.1, -0.05) is 66.7 Å². The number of non-ortho nitro benzene ring substituents is 1. The number of ether oxygens (including phenoxy) is 3. The Labute approximate surface area is 274 Å². The third-order valence-corrected chi connectivity index (χ3v) is 10.9. The topological polar surface area (TPSA) is 172 Å². The number of aromatic nitrogens is 1. The Hall–Kier alpha value is -5.89. The van der Waals surface area contributed by atoms with Crippen LogP contribution in [0.1, 0.15) is 29.8 Å². The van der Waals surface area contributed by atoms with E-state index < -0.39 is 61.7 Å². The van der Waals surface area contributed by atoms with E-state index in [1.165, 1.54) is 31.3 Å². The molecule has 3 aromatic carbocycles. The fourth-order valence-electron chi connectivity index (χ4n) is 5.73. The van der Waals surface area contributed by atoms with E-state index in [0.717, 1.165) is 17.0 Å². The number of benzene rings is 3. The van der Waals surface area contributed by atoms with E-state index in [9.17, 15) is 32.9 Å². The Morgan fingerprint density at radius 3 is 2.12 bits per heavy atom. The molecule has 3 atom stereocenters. The highest BCUT2D eigenvalue weighted by Gasteiger charge is 2.73. The third kappa shape index (κ3) is 5.77. The number of nitro groups is 1. The molecular weight excluding hydrogens is 642 g/mol. The van der Waals surface area contributed by atoms with Crippen molar-refractivity contribution >= 4 is 39.6 Å². The highest BCUT2D eigenvalue weighted by molar-refractivity contribution is 7.94. The molecule has 1 aromatic heterocycles. The molecule has 0 radical (unpaired) electrons. The van der Waals surface area contributed by atoms with E-state index in [1.807, 2.05) is 0 Å². The van der Waals surface area contributed by atoms with Gasteiger partial charge in [0.2, 0.25) is 0 Å². The molecule has 0 aliphatic carbocycles. The van der Waals surface area contributed by atoms with E-state index in [1.54, 1.807) is 78.9 Å². The van der Waals surface area contributed by atoms with Gasteiger partial charge in [0.05, 0.1) is 16.2 Å². The van der Waals surface area contributed by atoms with Crippen LogP contribution in [0.15, 0.2) is 115 Å². The first-order chi connectivity index (χ1) is 23.0. The number of hydrogen-bond donors (Lipinski definition) is 0. The molecule has 2 fully saturated rings. The highest BCUT2D eigenvalue weighted by Crippen LogP contribution is 2.50. The molecule has 2 aliphatic rings. The molecule has 1 amide bonds. The normalized spacial score (nSPS) is 21.7. The van der Waals surface area contributed by atoms with Gasteiger partial charge in [0.15, 0.2) is 27.4 Å². The van der Waals surface area contributed by atoms with Crippen molar-refractivity contribution in [2.75, 3.05) is 6.61 Å². The second-order valence-corrected chi connectivity index (χ2v) is 13.7. The van der Waals surface area contributed by atoms with Crippen LogP contribution < -0.4 is 4.74 Å². The first-order valence-corrected chi connectivity index (χ1v) is 16.1. The van der Waals surface area contributed by atoms with Crippen LogP contribution in [0.5, 0.6) is 5.75 Å². The maximum absolute atomic E-state index is 14.3. The van der Waals surface area contributed by atoms with Crippen molar-refractivity contribution < 1.29 is 41.9 Å². The van der Waals surface area contributed by atoms with Gasteiger partial charge >= 0.3 is 12.1 Å². The van der Waals surface area contributed by atoms with Crippen molar-refractivity contribution in [3.05, 3.63) is 142 Å². The van der Waals surface area contributed by atoms with Crippen LogP contribution in [0, 0.1) is 10.1 Å². The lowest BCUT2D eigenvalue weighted by molar-refractivity contribution is -0.384. The van der Waals surface area contributed by atoms with E-state index in [4.69, 9.17) is 14.2 Å². The number of carbonyl (C=O) groups excluding carboxylic acids is 3. The number of fused-ring (bicyclic) bond motifs is 1. The standard InChI is InChI=1S/C34H27N3O10S/c1-34(21-45-33(40)46-26-17-15-25(16-18-26)37(41)42)29(32(39)47-28(22-10-4-2-5-11-22)23-12-6-3-7-13-23)36-30(38)27(31(36)48(34,43)44)20-24-14-8-9-19-35-24/h2-20,28-29,31H,21H2,1H3/t29-,31+,34-/m0/s1. The summed E-state index contributed by atoms with van der Waals surface area (Å²) in [5.41, 5.74) is 1.19. The summed E-state index contributed by atoms with van der Waals surface area (Å²) in [6.45, 7) is 0.316. The highest BCUT2D eigenvalue weighted by atomic mass is 32.2. The third-order valence-electron chi connectivity index (χ3n) is 8.18. The summed E-state index contributed by atoms with van der Waals surface area (Å²) in [5.74, 6) is -1.85. The molecule has 48 heavy (non-hydrogen) atoms. The molecule has 13 nitrogen and oxygen atoms in total. The lowest BCUT2D eigenvalue weighted by Crippen LogP contribution is -2.60.